The standard InChI is InChI=1S/C5H11.2C2H5.ClH.Sn/c1-4-5(2)3;2*1-2;;/h5H,1,4H2,2-3H3;2*1H2,2H3;1H;. The molecular formula is C9H22ClSn. The molecule has 0 nitrogen and oxygen atoms in total. The van der Waals surface area contributed by atoms with Crippen LogP contribution in [0.5, 0.6) is 0 Å². The van der Waals surface area contributed by atoms with Crippen LogP contribution in [0.15, 0.2) is 0 Å². The molecule has 0 unspecified atom stereocenters. The Morgan fingerprint density at radius 2 is 1.55 bits per heavy atom. The summed E-state index contributed by atoms with van der Waals surface area (Å²) in [5.74, 6) is 0.939. The second-order valence-corrected chi connectivity index (χ2v) is 13.1. The van der Waals surface area contributed by atoms with E-state index in [1.54, 1.807) is 13.3 Å². The zero-order chi connectivity index (χ0) is 7.98. The average molecular weight is 284 g/mol. The van der Waals surface area contributed by atoms with Crippen LogP contribution in [0.2, 0.25) is 13.3 Å². The number of hydrogen-bond acceptors (Lipinski definition) is 0. The summed E-state index contributed by atoms with van der Waals surface area (Å²) < 4.78 is 4.75. The molecule has 0 amide bonds. The molecule has 0 aromatic carbocycles. The van der Waals surface area contributed by atoms with Gasteiger partial charge < -0.3 is 0 Å². The summed E-state index contributed by atoms with van der Waals surface area (Å²) in [4.78, 5) is 0. The molecule has 2 heteroatoms. The van der Waals surface area contributed by atoms with Crippen LogP contribution in [0.3, 0.4) is 0 Å². The average Bonchev–Trinajstić information content (AvgIpc) is 1.90. The van der Waals surface area contributed by atoms with Gasteiger partial charge in [0, 0.05) is 0 Å². The van der Waals surface area contributed by atoms with E-state index in [1.807, 2.05) is 0 Å². The molecular weight excluding hydrogens is 262 g/mol. The normalized spacial score (nSPS) is 10.4. The van der Waals surface area contributed by atoms with E-state index < -0.39 is 19.8 Å². The van der Waals surface area contributed by atoms with Crippen molar-refractivity contribution in [1.82, 2.24) is 0 Å². The summed E-state index contributed by atoms with van der Waals surface area (Å²) >= 11 is -0.763. The fraction of sp³-hybridized carbons (Fsp3) is 1.00. The Morgan fingerprint density at radius 1 is 1.09 bits per heavy atom. The first kappa shape index (κ1) is 14.6. The first-order valence-electron chi connectivity index (χ1n) is 4.54. The third-order valence-electron chi connectivity index (χ3n) is 2.08. The second-order valence-electron chi connectivity index (χ2n) is 3.39. The van der Waals surface area contributed by atoms with E-state index in [9.17, 15) is 0 Å². The quantitative estimate of drug-likeness (QED) is 0.670. The molecule has 0 aliphatic heterocycles. The zero-order valence-corrected chi connectivity index (χ0v) is 12.0. The van der Waals surface area contributed by atoms with Gasteiger partial charge in [-0.3, -0.25) is 0 Å². The molecule has 0 aromatic heterocycles. The first-order chi connectivity index (χ1) is 4.70. The fourth-order valence-electron chi connectivity index (χ4n) is 1.10. The molecule has 0 saturated carbocycles. The smallest absolute Gasteiger partial charge is 0.147 e. The van der Waals surface area contributed by atoms with Gasteiger partial charge in [-0.1, -0.05) is 0 Å². The molecule has 0 bridgehead atoms. The van der Waals surface area contributed by atoms with E-state index in [1.165, 1.54) is 6.42 Å². The molecule has 0 saturated heterocycles. The van der Waals surface area contributed by atoms with Gasteiger partial charge in [-0.25, -0.2) is 0 Å². The van der Waals surface area contributed by atoms with Gasteiger partial charge in [0.05, 0.1) is 0 Å². The third kappa shape index (κ3) is 9.00. The van der Waals surface area contributed by atoms with E-state index >= 15 is 0 Å². The van der Waals surface area contributed by atoms with Gasteiger partial charge in [0.2, 0.25) is 0 Å². The molecule has 0 atom stereocenters. The van der Waals surface area contributed by atoms with Crippen LogP contribution in [0.25, 0.3) is 0 Å². The molecule has 0 heterocycles. The Hall–Kier alpha value is 1.09. The Morgan fingerprint density at radius 3 is 1.82 bits per heavy atom. The molecule has 11 heavy (non-hydrogen) atoms. The van der Waals surface area contributed by atoms with Crippen LogP contribution in [0.1, 0.15) is 34.1 Å². The Balaban J connectivity index is 0. The van der Waals surface area contributed by atoms with Crippen molar-refractivity contribution in [2.24, 2.45) is 5.92 Å². The van der Waals surface area contributed by atoms with Gasteiger partial charge in [0.15, 0.2) is 0 Å². The van der Waals surface area contributed by atoms with Crippen molar-refractivity contribution in [1.29, 1.82) is 0 Å². The SMILES string of the molecule is C[CH2][Sn]([CH2]C)[CH2]CC(C)C.Cl. The Labute approximate surface area is 85.3 Å². The van der Waals surface area contributed by atoms with Gasteiger partial charge >= 0.3 is 73.1 Å². The molecule has 0 fully saturated rings. The summed E-state index contributed by atoms with van der Waals surface area (Å²) in [7, 11) is 0. The summed E-state index contributed by atoms with van der Waals surface area (Å²) in [6.07, 6.45) is 1.50. The summed E-state index contributed by atoms with van der Waals surface area (Å²) in [6.45, 7) is 9.45. The number of rotatable bonds is 5. The maximum absolute atomic E-state index is 2.39. The molecule has 1 radical (unpaired) electrons. The van der Waals surface area contributed by atoms with E-state index in [-0.39, 0.29) is 12.4 Å². The summed E-state index contributed by atoms with van der Waals surface area (Å²) in [5, 5.41) is 0. The van der Waals surface area contributed by atoms with Gasteiger partial charge in [-0.2, -0.15) is 0 Å². The van der Waals surface area contributed by atoms with E-state index in [0.29, 0.717) is 0 Å². The monoisotopic (exact) mass is 285 g/mol. The molecule has 0 aromatic rings. The molecule has 0 rings (SSSR count). The van der Waals surface area contributed by atoms with Crippen molar-refractivity contribution >= 4 is 32.2 Å². The molecule has 0 N–H and O–H groups in total. The number of hydrogen-bond donors (Lipinski definition) is 0. The predicted octanol–water partition coefficient (Wildman–Crippen LogP) is 3.99. The minimum Gasteiger partial charge on any atom is -0.147 e. The number of halogens is 1. The van der Waals surface area contributed by atoms with Crippen molar-refractivity contribution in [2.75, 3.05) is 0 Å². The molecule has 0 spiro atoms. The van der Waals surface area contributed by atoms with Gasteiger partial charge in [0.25, 0.3) is 0 Å². The molecule has 0 aliphatic carbocycles. The summed E-state index contributed by atoms with van der Waals surface area (Å²) in [6, 6.07) is 0. The van der Waals surface area contributed by atoms with Crippen molar-refractivity contribution in [2.45, 2.75) is 47.4 Å². The summed E-state index contributed by atoms with van der Waals surface area (Å²) in [5.41, 5.74) is 0. The van der Waals surface area contributed by atoms with Gasteiger partial charge in [0.1, 0.15) is 0 Å². The minimum absolute atomic E-state index is 0. The van der Waals surface area contributed by atoms with Crippen LogP contribution in [-0.2, 0) is 0 Å². The predicted molar refractivity (Wildman–Crippen MR) is 58.2 cm³/mol. The second kappa shape index (κ2) is 9.18. The maximum atomic E-state index is 2.39. The topological polar surface area (TPSA) is 0 Å². The van der Waals surface area contributed by atoms with Crippen LogP contribution < -0.4 is 0 Å². The van der Waals surface area contributed by atoms with Crippen molar-refractivity contribution in [3.8, 4) is 0 Å². The van der Waals surface area contributed by atoms with Crippen LogP contribution in [0, 0.1) is 5.92 Å². The van der Waals surface area contributed by atoms with E-state index in [2.05, 4.69) is 27.7 Å². The van der Waals surface area contributed by atoms with E-state index in [4.69, 9.17) is 0 Å². The van der Waals surface area contributed by atoms with Crippen LogP contribution in [0.4, 0.5) is 0 Å². The van der Waals surface area contributed by atoms with Crippen LogP contribution >= 0.6 is 12.4 Å². The Kier molecular flexibility index (Phi) is 12.2. The van der Waals surface area contributed by atoms with Crippen molar-refractivity contribution in [3.05, 3.63) is 0 Å². The van der Waals surface area contributed by atoms with E-state index in [0.717, 1.165) is 5.92 Å². The van der Waals surface area contributed by atoms with Crippen molar-refractivity contribution < 1.29 is 0 Å². The van der Waals surface area contributed by atoms with Gasteiger partial charge in [-0.05, 0) is 0 Å². The Bertz CT molecular complexity index is 70.0. The first-order valence-corrected chi connectivity index (χ1v) is 10.6. The zero-order valence-electron chi connectivity index (χ0n) is 8.31. The minimum atomic E-state index is -0.763. The largest absolute Gasteiger partial charge is 0.147 e. The van der Waals surface area contributed by atoms with Gasteiger partial charge in [-0.15, -0.1) is 12.4 Å². The van der Waals surface area contributed by atoms with Crippen molar-refractivity contribution in [3.63, 3.8) is 0 Å². The molecule has 0 aliphatic rings. The third-order valence-corrected chi connectivity index (χ3v) is 10.6. The maximum Gasteiger partial charge on any atom is -0.147 e. The fourth-order valence-corrected chi connectivity index (χ4v) is 7.35. The van der Waals surface area contributed by atoms with Crippen LogP contribution in [-0.4, -0.2) is 19.8 Å². The molecule has 69 valence electrons.